The van der Waals surface area contributed by atoms with Crippen LogP contribution in [0.25, 0.3) is 0 Å². The predicted molar refractivity (Wildman–Crippen MR) is 75.8 cm³/mol. The highest BCUT2D eigenvalue weighted by atomic mass is 16.3. The first-order chi connectivity index (χ1) is 9.23. The normalized spacial score (nSPS) is 31.8. The Morgan fingerprint density at radius 3 is 3.16 bits per heavy atom. The van der Waals surface area contributed by atoms with E-state index in [0.29, 0.717) is 0 Å². The fraction of sp³-hybridized carbons (Fsp3) is 0.733. The average Bonchev–Trinajstić information content (AvgIpc) is 3.08. The topological polar surface area (TPSA) is 45.6 Å². The van der Waals surface area contributed by atoms with E-state index in [0.717, 1.165) is 24.9 Å². The molecule has 2 saturated heterocycles. The molecule has 2 atom stereocenters. The molecular weight excluding hydrogens is 238 g/mol. The van der Waals surface area contributed by atoms with Gasteiger partial charge in [-0.3, -0.25) is 4.90 Å². The molecule has 106 valence electrons. The molecule has 2 aliphatic heterocycles. The number of nitrogens with two attached hydrogens (primary N) is 1. The smallest absolute Gasteiger partial charge is 0.117 e. The standard InChI is InChI=1S/C15H25N3O/c1-17(11-14-5-3-9-19-14)15(12-16)6-8-18-7-2-4-13(18)10-15/h3,5,9,13H,2,4,6-8,10-12,16H2,1H3. The lowest BCUT2D eigenvalue weighted by atomic mass is 9.82. The fourth-order valence-corrected chi connectivity index (χ4v) is 3.81. The van der Waals surface area contributed by atoms with Gasteiger partial charge in [-0.25, -0.2) is 0 Å². The summed E-state index contributed by atoms with van der Waals surface area (Å²) in [6.45, 7) is 4.09. The number of hydrogen-bond acceptors (Lipinski definition) is 4. The van der Waals surface area contributed by atoms with E-state index in [1.54, 1.807) is 6.26 Å². The van der Waals surface area contributed by atoms with E-state index in [2.05, 4.69) is 16.8 Å². The third-order valence-corrected chi connectivity index (χ3v) is 5.14. The number of likely N-dealkylation sites (N-methyl/N-ethyl adjacent to an activating group) is 1. The summed E-state index contributed by atoms with van der Waals surface area (Å²) >= 11 is 0. The molecule has 0 spiro atoms. The Balaban J connectivity index is 1.71. The molecule has 4 heteroatoms. The molecule has 2 fully saturated rings. The lowest BCUT2D eigenvalue weighted by Gasteiger charge is -2.48. The van der Waals surface area contributed by atoms with E-state index in [1.165, 1.54) is 38.8 Å². The third-order valence-electron chi connectivity index (χ3n) is 5.14. The average molecular weight is 263 g/mol. The quantitative estimate of drug-likeness (QED) is 0.897. The molecule has 2 unspecified atom stereocenters. The van der Waals surface area contributed by atoms with Gasteiger partial charge in [0, 0.05) is 24.7 Å². The molecule has 0 amide bonds. The minimum absolute atomic E-state index is 0.151. The van der Waals surface area contributed by atoms with Gasteiger partial charge in [0.25, 0.3) is 0 Å². The molecule has 1 aromatic heterocycles. The number of piperidine rings is 1. The van der Waals surface area contributed by atoms with Crippen molar-refractivity contribution in [3.05, 3.63) is 24.2 Å². The van der Waals surface area contributed by atoms with Gasteiger partial charge < -0.3 is 15.1 Å². The molecule has 0 aromatic carbocycles. The molecule has 4 nitrogen and oxygen atoms in total. The van der Waals surface area contributed by atoms with Crippen molar-refractivity contribution >= 4 is 0 Å². The number of rotatable bonds is 4. The summed E-state index contributed by atoms with van der Waals surface area (Å²) < 4.78 is 5.48. The Bertz CT molecular complexity index is 406. The van der Waals surface area contributed by atoms with Crippen molar-refractivity contribution in [1.29, 1.82) is 0 Å². The summed E-state index contributed by atoms with van der Waals surface area (Å²) in [5.74, 6) is 1.03. The highest BCUT2D eigenvalue weighted by Gasteiger charge is 2.43. The SMILES string of the molecule is CN(Cc1ccco1)C1(CN)CCN2CCCC2C1. The van der Waals surface area contributed by atoms with Crippen molar-refractivity contribution in [2.24, 2.45) is 5.73 Å². The van der Waals surface area contributed by atoms with Crippen molar-refractivity contribution < 1.29 is 4.42 Å². The second kappa shape index (κ2) is 5.27. The van der Waals surface area contributed by atoms with Crippen molar-refractivity contribution in [2.75, 3.05) is 26.7 Å². The summed E-state index contributed by atoms with van der Waals surface area (Å²) in [5, 5.41) is 0. The summed E-state index contributed by atoms with van der Waals surface area (Å²) in [6, 6.07) is 4.75. The Morgan fingerprint density at radius 1 is 1.53 bits per heavy atom. The van der Waals surface area contributed by atoms with Crippen LogP contribution in [0.4, 0.5) is 0 Å². The fourth-order valence-electron chi connectivity index (χ4n) is 3.81. The number of hydrogen-bond donors (Lipinski definition) is 1. The molecular formula is C15H25N3O. The van der Waals surface area contributed by atoms with Gasteiger partial charge in [0.15, 0.2) is 0 Å². The molecule has 2 aliphatic rings. The first kappa shape index (κ1) is 13.2. The van der Waals surface area contributed by atoms with Crippen LogP contribution in [-0.2, 0) is 6.54 Å². The Morgan fingerprint density at radius 2 is 2.42 bits per heavy atom. The molecule has 2 N–H and O–H groups in total. The van der Waals surface area contributed by atoms with Crippen LogP contribution in [0.15, 0.2) is 22.8 Å². The van der Waals surface area contributed by atoms with E-state index < -0.39 is 0 Å². The van der Waals surface area contributed by atoms with Crippen LogP contribution in [0.1, 0.15) is 31.4 Å². The van der Waals surface area contributed by atoms with Crippen molar-refractivity contribution in [3.8, 4) is 0 Å². The van der Waals surface area contributed by atoms with Gasteiger partial charge in [-0.15, -0.1) is 0 Å². The Labute approximate surface area is 115 Å². The monoisotopic (exact) mass is 263 g/mol. The second-order valence-corrected chi connectivity index (χ2v) is 6.15. The zero-order chi connectivity index (χ0) is 13.3. The van der Waals surface area contributed by atoms with E-state index in [1.807, 2.05) is 12.1 Å². The van der Waals surface area contributed by atoms with Gasteiger partial charge in [0.2, 0.25) is 0 Å². The van der Waals surface area contributed by atoms with Gasteiger partial charge >= 0.3 is 0 Å². The van der Waals surface area contributed by atoms with Crippen LogP contribution in [-0.4, -0.2) is 48.1 Å². The predicted octanol–water partition coefficient (Wildman–Crippen LogP) is 1.67. The van der Waals surface area contributed by atoms with Crippen LogP contribution in [0, 0.1) is 0 Å². The van der Waals surface area contributed by atoms with Crippen LogP contribution in [0.3, 0.4) is 0 Å². The molecule has 0 saturated carbocycles. The van der Waals surface area contributed by atoms with E-state index in [9.17, 15) is 0 Å². The summed E-state index contributed by atoms with van der Waals surface area (Å²) in [4.78, 5) is 5.07. The largest absolute Gasteiger partial charge is 0.468 e. The van der Waals surface area contributed by atoms with Crippen LogP contribution in [0.5, 0.6) is 0 Å². The molecule has 3 rings (SSSR count). The number of nitrogens with zero attached hydrogens (tertiary/aromatic N) is 2. The molecule has 3 heterocycles. The van der Waals surface area contributed by atoms with Gasteiger partial charge in [-0.1, -0.05) is 0 Å². The molecule has 0 aliphatic carbocycles. The zero-order valence-electron chi connectivity index (χ0n) is 11.8. The lowest BCUT2D eigenvalue weighted by molar-refractivity contribution is 0.0186. The first-order valence-corrected chi connectivity index (χ1v) is 7.41. The number of furan rings is 1. The Kier molecular flexibility index (Phi) is 3.65. The maximum Gasteiger partial charge on any atom is 0.117 e. The summed E-state index contributed by atoms with van der Waals surface area (Å²) in [5.41, 5.74) is 6.31. The zero-order valence-corrected chi connectivity index (χ0v) is 11.8. The second-order valence-electron chi connectivity index (χ2n) is 6.15. The van der Waals surface area contributed by atoms with Gasteiger partial charge in [-0.05, 0) is 51.4 Å². The van der Waals surface area contributed by atoms with Crippen molar-refractivity contribution in [3.63, 3.8) is 0 Å². The maximum absolute atomic E-state index is 6.16. The maximum atomic E-state index is 6.16. The van der Waals surface area contributed by atoms with Crippen LogP contribution < -0.4 is 5.73 Å². The first-order valence-electron chi connectivity index (χ1n) is 7.41. The van der Waals surface area contributed by atoms with E-state index in [-0.39, 0.29) is 5.54 Å². The summed E-state index contributed by atoms with van der Waals surface area (Å²) in [6.07, 6.45) is 6.83. The van der Waals surface area contributed by atoms with Crippen LogP contribution in [0.2, 0.25) is 0 Å². The summed E-state index contributed by atoms with van der Waals surface area (Å²) in [7, 11) is 2.19. The number of fused-ring (bicyclic) bond motifs is 1. The molecule has 0 bridgehead atoms. The van der Waals surface area contributed by atoms with E-state index in [4.69, 9.17) is 10.2 Å². The highest BCUT2D eigenvalue weighted by molar-refractivity contribution is 5.04. The lowest BCUT2D eigenvalue weighted by Crippen LogP contribution is -2.59. The van der Waals surface area contributed by atoms with Crippen LogP contribution >= 0.6 is 0 Å². The molecule has 1 aromatic rings. The minimum atomic E-state index is 0.151. The molecule has 0 radical (unpaired) electrons. The Hall–Kier alpha value is -0.840. The van der Waals surface area contributed by atoms with E-state index >= 15 is 0 Å². The van der Waals surface area contributed by atoms with Gasteiger partial charge in [-0.2, -0.15) is 0 Å². The van der Waals surface area contributed by atoms with Crippen molar-refractivity contribution in [1.82, 2.24) is 9.80 Å². The van der Waals surface area contributed by atoms with Crippen molar-refractivity contribution in [2.45, 2.75) is 43.8 Å². The minimum Gasteiger partial charge on any atom is -0.468 e. The highest BCUT2D eigenvalue weighted by Crippen LogP contribution is 2.36. The third kappa shape index (κ3) is 2.45. The van der Waals surface area contributed by atoms with Gasteiger partial charge in [0.1, 0.15) is 5.76 Å². The molecule has 19 heavy (non-hydrogen) atoms. The van der Waals surface area contributed by atoms with Gasteiger partial charge in [0.05, 0.1) is 12.8 Å².